The Labute approximate surface area is 110 Å². The van der Waals surface area contributed by atoms with Gasteiger partial charge in [-0.05, 0) is 18.6 Å². The smallest absolute Gasteiger partial charge is 0.137 e. The van der Waals surface area contributed by atoms with Crippen LogP contribution in [0.15, 0.2) is 24.3 Å². The van der Waals surface area contributed by atoms with Crippen LogP contribution in [0.5, 0.6) is 0 Å². The largest absolute Gasteiger partial charge is 0.192 e. The van der Waals surface area contributed by atoms with Crippen LogP contribution in [0.25, 0.3) is 17.2 Å². The minimum atomic E-state index is -0.00670. The van der Waals surface area contributed by atoms with Crippen molar-refractivity contribution in [3.8, 4) is 24.3 Å². The van der Waals surface area contributed by atoms with Gasteiger partial charge in [0.05, 0.1) is 0 Å². The summed E-state index contributed by atoms with van der Waals surface area (Å²) >= 11 is 0. The van der Waals surface area contributed by atoms with E-state index in [4.69, 9.17) is 21.0 Å². The van der Waals surface area contributed by atoms with Crippen LogP contribution < -0.4 is 10.4 Å². The summed E-state index contributed by atoms with van der Waals surface area (Å²) in [7, 11) is 0. The third-order valence-electron chi connectivity index (χ3n) is 2.40. The molecule has 0 aromatic heterocycles. The van der Waals surface area contributed by atoms with Crippen molar-refractivity contribution in [2.75, 3.05) is 0 Å². The van der Waals surface area contributed by atoms with E-state index in [2.05, 4.69) is 0 Å². The first-order valence-electron chi connectivity index (χ1n) is 5.33. The topological polar surface area (TPSA) is 95.2 Å². The molecule has 0 aliphatic heterocycles. The molecule has 0 amide bonds. The van der Waals surface area contributed by atoms with Crippen LogP contribution in [0, 0.1) is 45.3 Å². The lowest BCUT2D eigenvalue weighted by atomic mass is 10.0. The fraction of sp³-hybridized carbons (Fsp3) is 0.0667. The molecule has 0 unspecified atom stereocenters. The van der Waals surface area contributed by atoms with Crippen LogP contribution in [0.2, 0.25) is 0 Å². The number of benzene rings is 1. The first-order valence-corrected chi connectivity index (χ1v) is 5.33. The highest BCUT2D eigenvalue weighted by Gasteiger charge is 2.01. The zero-order chi connectivity index (χ0) is 14.3. The van der Waals surface area contributed by atoms with Gasteiger partial charge >= 0.3 is 0 Å². The van der Waals surface area contributed by atoms with Gasteiger partial charge in [-0.15, -0.1) is 0 Å². The van der Waals surface area contributed by atoms with Gasteiger partial charge < -0.3 is 0 Å². The third kappa shape index (κ3) is 2.86. The van der Waals surface area contributed by atoms with E-state index in [-0.39, 0.29) is 11.1 Å². The fourth-order valence-electron chi connectivity index (χ4n) is 1.56. The van der Waals surface area contributed by atoms with E-state index in [9.17, 15) is 0 Å². The number of hydrogen-bond donors (Lipinski definition) is 0. The molecule has 1 aromatic carbocycles. The molecule has 1 aromatic rings. The van der Waals surface area contributed by atoms with Gasteiger partial charge in [0.25, 0.3) is 0 Å². The molecule has 4 nitrogen and oxygen atoms in total. The molecule has 0 bridgehead atoms. The van der Waals surface area contributed by atoms with E-state index in [0.717, 1.165) is 0 Å². The van der Waals surface area contributed by atoms with E-state index in [1.54, 1.807) is 37.3 Å². The van der Waals surface area contributed by atoms with E-state index in [1.165, 1.54) is 0 Å². The predicted octanol–water partition coefficient (Wildman–Crippen LogP) is 1.12. The second kappa shape index (κ2) is 6.41. The minimum absolute atomic E-state index is 0.00452. The number of nitrogens with zero attached hydrogens (tertiary/aromatic N) is 4. The van der Waals surface area contributed by atoms with Gasteiger partial charge in [-0.2, -0.15) is 21.0 Å². The molecule has 0 saturated carbocycles. The van der Waals surface area contributed by atoms with Gasteiger partial charge in [0.1, 0.15) is 35.4 Å². The SMILES string of the molecule is CC=Cc1cc(=C(C#N)C#N)ccc1=C(C#N)C#N. The normalized spacial score (nSPS) is 8.89. The van der Waals surface area contributed by atoms with Gasteiger partial charge in [0, 0.05) is 10.4 Å². The van der Waals surface area contributed by atoms with Crippen molar-refractivity contribution < 1.29 is 0 Å². The Balaban J connectivity index is 3.91. The molecule has 0 aliphatic carbocycles. The fourth-order valence-corrected chi connectivity index (χ4v) is 1.56. The molecule has 0 heterocycles. The number of nitriles is 4. The van der Waals surface area contributed by atoms with E-state index < -0.39 is 0 Å². The highest BCUT2D eigenvalue weighted by atomic mass is 14.3. The lowest BCUT2D eigenvalue weighted by molar-refractivity contribution is 1.44. The Morgan fingerprint density at radius 3 is 2.00 bits per heavy atom. The number of hydrogen-bond acceptors (Lipinski definition) is 4. The zero-order valence-corrected chi connectivity index (χ0v) is 10.2. The van der Waals surface area contributed by atoms with Crippen molar-refractivity contribution in [3.05, 3.63) is 40.3 Å². The number of allylic oxidation sites excluding steroid dienone is 1. The van der Waals surface area contributed by atoms with Gasteiger partial charge in [-0.25, -0.2) is 0 Å². The summed E-state index contributed by atoms with van der Waals surface area (Å²) in [6.07, 6.45) is 3.48. The monoisotopic (exact) mass is 244 g/mol. The molecule has 0 radical (unpaired) electrons. The molecular weight excluding hydrogens is 236 g/mol. The van der Waals surface area contributed by atoms with Crippen molar-refractivity contribution in [2.45, 2.75) is 6.92 Å². The lowest BCUT2D eigenvalue weighted by Gasteiger charge is -1.97. The summed E-state index contributed by atoms with van der Waals surface area (Å²) in [6, 6.07) is 12.0. The van der Waals surface area contributed by atoms with E-state index in [1.807, 2.05) is 24.3 Å². The Hall–Kier alpha value is -3.34. The number of rotatable bonds is 1. The molecular formula is C15H8N4. The molecule has 1 rings (SSSR count). The summed E-state index contributed by atoms with van der Waals surface area (Å²) in [5.41, 5.74) is 0.615. The van der Waals surface area contributed by atoms with Crippen molar-refractivity contribution in [2.24, 2.45) is 0 Å². The first-order chi connectivity index (χ1) is 9.21. The summed E-state index contributed by atoms with van der Waals surface area (Å²) in [4.78, 5) is 0. The van der Waals surface area contributed by atoms with Crippen LogP contribution in [-0.2, 0) is 0 Å². The molecule has 19 heavy (non-hydrogen) atoms. The van der Waals surface area contributed by atoms with Gasteiger partial charge in [-0.1, -0.05) is 24.3 Å². The van der Waals surface area contributed by atoms with E-state index in [0.29, 0.717) is 16.0 Å². The predicted molar refractivity (Wildman–Crippen MR) is 69.7 cm³/mol. The molecule has 4 heteroatoms. The van der Waals surface area contributed by atoms with Crippen LogP contribution in [0.3, 0.4) is 0 Å². The van der Waals surface area contributed by atoms with E-state index >= 15 is 0 Å². The third-order valence-corrected chi connectivity index (χ3v) is 2.40. The van der Waals surface area contributed by atoms with Gasteiger partial charge in [0.2, 0.25) is 0 Å². The van der Waals surface area contributed by atoms with Crippen molar-refractivity contribution in [1.82, 2.24) is 0 Å². The Bertz CT molecular complexity index is 783. The standard InChI is InChI=1S/C15H8N4/c1-2-3-12-6-11(13(7-16)8-17)4-5-15(12)14(9-18)10-19/h2-6H,1H3. The summed E-state index contributed by atoms with van der Waals surface area (Å²) < 4.78 is 0. The molecule has 88 valence electrons. The van der Waals surface area contributed by atoms with Crippen LogP contribution in [0.1, 0.15) is 12.5 Å². The maximum Gasteiger partial charge on any atom is 0.137 e. The maximum atomic E-state index is 8.90. The van der Waals surface area contributed by atoms with Crippen molar-refractivity contribution in [1.29, 1.82) is 21.0 Å². The Morgan fingerprint density at radius 2 is 1.53 bits per heavy atom. The lowest BCUT2D eigenvalue weighted by Crippen LogP contribution is -2.16. The second-order valence-corrected chi connectivity index (χ2v) is 3.50. The van der Waals surface area contributed by atoms with Crippen LogP contribution in [-0.4, -0.2) is 0 Å². The molecule has 0 fully saturated rings. The maximum absolute atomic E-state index is 8.90. The quantitative estimate of drug-likeness (QED) is 0.739. The molecule has 0 N–H and O–H groups in total. The minimum Gasteiger partial charge on any atom is -0.192 e. The molecule has 0 aliphatic rings. The van der Waals surface area contributed by atoms with Gasteiger partial charge in [-0.3, -0.25) is 0 Å². The summed E-state index contributed by atoms with van der Waals surface area (Å²) in [6.45, 7) is 1.80. The Kier molecular flexibility index (Phi) is 4.63. The zero-order valence-electron chi connectivity index (χ0n) is 10.2. The molecule has 0 saturated heterocycles. The Morgan fingerprint density at radius 1 is 0.947 bits per heavy atom. The molecule has 0 spiro atoms. The average molecular weight is 244 g/mol. The van der Waals surface area contributed by atoms with Crippen LogP contribution >= 0.6 is 0 Å². The van der Waals surface area contributed by atoms with Crippen molar-refractivity contribution in [3.63, 3.8) is 0 Å². The van der Waals surface area contributed by atoms with Crippen LogP contribution in [0.4, 0.5) is 0 Å². The first kappa shape index (κ1) is 13.7. The second-order valence-electron chi connectivity index (χ2n) is 3.50. The highest BCUT2D eigenvalue weighted by molar-refractivity contribution is 5.77. The average Bonchev–Trinajstić information content (AvgIpc) is 2.44. The summed E-state index contributed by atoms with van der Waals surface area (Å²) in [5.74, 6) is 0. The summed E-state index contributed by atoms with van der Waals surface area (Å²) in [5, 5.41) is 36.4. The molecule has 0 atom stereocenters. The van der Waals surface area contributed by atoms with Crippen molar-refractivity contribution >= 4 is 17.2 Å². The highest BCUT2D eigenvalue weighted by Crippen LogP contribution is 1.97. The van der Waals surface area contributed by atoms with Gasteiger partial charge in [0.15, 0.2) is 0 Å².